The van der Waals surface area contributed by atoms with Crippen molar-refractivity contribution in [2.45, 2.75) is 6.61 Å². The summed E-state index contributed by atoms with van der Waals surface area (Å²) in [4.78, 5) is 0. The number of hydrogen-bond donors (Lipinski definition) is 0. The van der Waals surface area contributed by atoms with Gasteiger partial charge in [-0.2, -0.15) is 5.26 Å². The Labute approximate surface area is 103 Å². The smallest absolute Gasteiger partial charge is 0.170 e. The average Bonchev–Trinajstić information content (AvgIpc) is 2.73. The van der Waals surface area contributed by atoms with Crippen LogP contribution in [0.1, 0.15) is 11.4 Å². The molecule has 86 valence electrons. The van der Waals surface area contributed by atoms with Gasteiger partial charge in [0.15, 0.2) is 5.82 Å². The largest absolute Gasteiger partial charge is 0.484 e. The first-order valence-electron chi connectivity index (χ1n) is 4.86. The van der Waals surface area contributed by atoms with Crippen LogP contribution in [-0.4, -0.2) is 14.8 Å². The van der Waals surface area contributed by atoms with Crippen molar-refractivity contribution in [3.8, 4) is 11.8 Å². The Morgan fingerprint density at radius 1 is 1.53 bits per heavy atom. The first-order valence-corrected chi connectivity index (χ1v) is 5.24. The molecule has 1 heterocycles. The van der Waals surface area contributed by atoms with Crippen molar-refractivity contribution in [1.82, 2.24) is 14.8 Å². The van der Waals surface area contributed by atoms with Crippen molar-refractivity contribution in [1.29, 1.82) is 5.26 Å². The highest BCUT2D eigenvalue weighted by atomic mass is 35.5. The lowest BCUT2D eigenvalue weighted by molar-refractivity contribution is 0.291. The fraction of sp³-hybridized carbons (Fsp3) is 0.182. The molecule has 1 aromatic heterocycles. The van der Waals surface area contributed by atoms with Crippen LogP contribution in [0.15, 0.2) is 24.5 Å². The summed E-state index contributed by atoms with van der Waals surface area (Å²) in [6.45, 7) is 0.280. The fourth-order valence-corrected chi connectivity index (χ4v) is 1.50. The van der Waals surface area contributed by atoms with Crippen LogP contribution in [0.25, 0.3) is 0 Å². The van der Waals surface area contributed by atoms with E-state index in [1.807, 2.05) is 13.1 Å². The Hall–Kier alpha value is -2.06. The van der Waals surface area contributed by atoms with Gasteiger partial charge in [0, 0.05) is 7.05 Å². The number of aryl methyl sites for hydroxylation is 1. The van der Waals surface area contributed by atoms with Gasteiger partial charge in [-0.15, -0.1) is 10.2 Å². The van der Waals surface area contributed by atoms with Crippen LogP contribution in [0.2, 0.25) is 5.02 Å². The Balaban J connectivity index is 2.10. The number of nitrogens with zero attached hydrogens (tertiary/aromatic N) is 4. The number of nitriles is 1. The lowest BCUT2D eigenvalue weighted by atomic mass is 10.2. The first-order chi connectivity index (χ1) is 8.20. The molecule has 1 aromatic carbocycles. The van der Waals surface area contributed by atoms with Crippen molar-refractivity contribution in [3.63, 3.8) is 0 Å². The van der Waals surface area contributed by atoms with E-state index in [0.717, 1.165) is 0 Å². The van der Waals surface area contributed by atoms with Gasteiger partial charge in [-0.25, -0.2) is 0 Å². The normalized spacial score (nSPS) is 9.94. The molecule has 0 saturated carbocycles. The average molecular weight is 249 g/mol. The second-order valence-electron chi connectivity index (χ2n) is 3.40. The van der Waals surface area contributed by atoms with E-state index in [-0.39, 0.29) is 6.61 Å². The van der Waals surface area contributed by atoms with Crippen LogP contribution < -0.4 is 4.74 Å². The van der Waals surface area contributed by atoms with Crippen LogP contribution in [-0.2, 0) is 13.7 Å². The summed E-state index contributed by atoms with van der Waals surface area (Å²) in [7, 11) is 1.83. The minimum Gasteiger partial charge on any atom is -0.484 e. The van der Waals surface area contributed by atoms with Crippen molar-refractivity contribution in [3.05, 3.63) is 40.9 Å². The lowest BCUT2D eigenvalue weighted by Gasteiger charge is -2.07. The van der Waals surface area contributed by atoms with Gasteiger partial charge in [-0.3, -0.25) is 0 Å². The van der Waals surface area contributed by atoms with Crippen LogP contribution in [0.3, 0.4) is 0 Å². The van der Waals surface area contributed by atoms with Gasteiger partial charge in [-0.05, 0) is 18.2 Å². The summed E-state index contributed by atoms with van der Waals surface area (Å²) in [5.41, 5.74) is 0.501. The molecule has 0 atom stereocenters. The maximum absolute atomic E-state index is 8.70. The Bertz CT molecular complexity index is 573. The molecule has 5 nitrogen and oxygen atoms in total. The van der Waals surface area contributed by atoms with Crippen molar-refractivity contribution >= 4 is 11.6 Å². The van der Waals surface area contributed by atoms with E-state index in [0.29, 0.717) is 22.2 Å². The molecule has 0 aliphatic rings. The molecule has 6 heteroatoms. The number of halogens is 1. The molecule has 0 radical (unpaired) electrons. The first kappa shape index (κ1) is 11.4. The lowest BCUT2D eigenvalue weighted by Crippen LogP contribution is -2.03. The monoisotopic (exact) mass is 248 g/mol. The van der Waals surface area contributed by atoms with Gasteiger partial charge in [-0.1, -0.05) is 11.6 Å². The van der Waals surface area contributed by atoms with Crippen molar-refractivity contribution in [2.24, 2.45) is 7.05 Å². The van der Waals surface area contributed by atoms with Gasteiger partial charge >= 0.3 is 0 Å². The van der Waals surface area contributed by atoms with Crippen LogP contribution in [0.4, 0.5) is 0 Å². The fourth-order valence-electron chi connectivity index (χ4n) is 1.27. The van der Waals surface area contributed by atoms with E-state index in [9.17, 15) is 0 Å². The summed E-state index contributed by atoms with van der Waals surface area (Å²) in [6, 6.07) is 6.88. The molecule has 0 aliphatic heterocycles. The number of ether oxygens (including phenoxy) is 1. The zero-order valence-corrected chi connectivity index (χ0v) is 9.85. The summed E-state index contributed by atoms with van der Waals surface area (Å²) < 4.78 is 7.26. The molecule has 0 bridgehead atoms. The highest BCUT2D eigenvalue weighted by Crippen LogP contribution is 2.25. The zero-order valence-electron chi connectivity index (χ0n) is 9.09. The third-order valence-corrected chi connectivity index (χ3v) is 2.52. The third-order valence-electron chi connectivity index (χ3n) is 2.22. The van der Waals surface area contributed by atoms with E-state index >= 15 is 0 Å². The predicted molar refractivity (Wildman–Crippen MR) is 61.5 cm³/mol. The van der Waals surface area contributed by atoms with E-state index < -0.39 is 0 Å². The highest BCUT2D eigenvalue weighted by Gasteiger charge is 2.06. The number of benzene rings is 1. The second-order valence-corrected chi connectivity index (χ2v) is 3.81. The van der Waals surface area contributed by atoms with Gasteiger partial charge in [0.2, 0.25) is 0 Å². The maximum atomic E-state index is 8.70. The van der Waals surface area contributed by atoms with Crippen LogP contribution >= 0.6 is 11.6 Å². The third kappa shape index (κ3) is 2.55. The Morgan fingerprint density at radius 2 is 2.35 bits per heavy atom. The van der Waals surface area contributed by atoms with E-state index in [1.54, 1.807) is 29.1 Å². The van der Waals surface area contributed by atoms with Gasteiger partial charge in [0.25, 0.3) is 0 Å². The molecule has 17 heavy (non-hydrogen) atoms. The molecule has 0 N–H and O–H groups in total. The Kier molecular flexibility index (Phi) is 3.26. The maximum Gasteiger partial charge on any atom is 0.170 e. The number of rotatable bonds is 3. The van der Waals surface area contributed by atoms with Gasteiger partial charge in [0.05, 0.1) is 16.7 Å². The summed E-state index contributed by atoms with van der Waals surface area (Å²) in [6.07, 6.45) is 1.60. The van der Waals surface area contributed by atoms with E-state index in [2.05, 4.69) is 10.2 Å². The van der Waals surface area contributed by atoms with Crippen LogP contribution in [0.5, 0.6) is 5.75 Å². The topological polar surface area (TPSA) is 63.7 Å². The second kappa shape index (κ2) is 4.85. The molecule has 0 unspecified atom stereocenters. The molecule has 0 aliphatic carbocycles. The molecular weight excluding hydrogens is 240 g/mol. The molecule has 2 rings (SSSR count). The molecule has 0 spiro atoms. The van der Waals surface area contributed by atoms with Crippen molar-refractivity contribution in [2.75, 3.05) is 0 Å². The highest BCUT2D eigenvalue weighted by molar-refractivity contribution is 6.32. The quantitative estimate of drug-likeness (QED) is 0.832. The molecule has 2 aromatic rings. The zero-order chi connectivity index (χ0) is 12.3. The molecular formula is C11H9ClN4O. The van der Waals surface area contributed by atoms with Crippen molar-refractivity contribution < 1.29 is 4.74 Å². The standard InChI is InChI=1S/C11H9ClN4O/c1-16-7-14-15-11(16)6-17-10-3-2-8(5-13)4-9(10)12/h2-4,7H,6H2,1H3. The molecule has 0 saturated heterocycles. The molecule has 0 fully saturated rings. The predicted octanol–water partition coefficient (Wildman–Crippen LogP) is 1.92. The number of hydrogen-bond acceptors (Lipinski definition) is 4. The van der Waals surface area contributed by atoms with E-state index in [1.165, 1.54) is 0 Å². The van der Waals surface area contributed by atoms with Crippen LogP contribution in [0, 0.1) is 11.3 Å². The van der Waals surface area contributed by atoms with Gasteiger partial charge < -0.3 is 9.30 Å². The summed E-state index contributed by atoms with van der Waals surface area (Å²) >= 11 is 5.97. The summed E-state index contributed by atoms with van der Waals surface area (Å²) in [5.74, 6) is 1.22. The Morgan fingerprint density at radius 3 is 2.94 bits per heavy atom. The van der Waals surface area contributed by atoms with E-state index in [4.69, 9.17) is 21.6 Å². The van der Waals surface area contributed by atoms with Gasteiger partial charge in [0.1, 0.15) is 18.7 Å². The summed E-state index contributed by atoms with van der Waals surface area (Å²) in [5, 5.41) is 16.7. The number of aromatic nitrogens is 3. The molecule has 0 amide bonds. The minimum atomic E-state index is 0.280. The SMILES string of the molecule is Cn1cnnc1COc1ccc(C#N)cc1Cl. The minimum absolute atomic E-state index is 0.280.